The van der Waals surface area contributed by atoms with Crippen LogP contribution in [0.3, 0.4) is 0 Å². The van der Waals surface area contributed by atoms with Gasteiger partial charge in [0.25, 0.3) is 0 Å². The Morgan fingerprint density at radius 3 is 3.17 bits per heavy atom. The lowest BCUT2D eigenvalue weighted by Crippen LogP contribution is -1.69. The molecule has 0 aliphatic rings. The van der Waals surface area contributed by atoms with Crippen LogP contribution in [0.1, 0.15) is 0 Å². The molecule has 2 aromatic heterocycles. The van der Waals surface area contributed by atoms with Crippen molar-refractivity contribution in [3.05, 3.63) is 34.9 Å². The van der Waals surface area contributed by atoms with Gasteiger partial charge < -0.3 is 4.98 Å². The Kier molecular flexibility index (Phi) is 1.49. The fourth-order valence-electron chi connectivity index (χ4n) is 1.08. The normalized spacial score (nSPS) is 10.0. The summed E-state index contributed by atoms with van der Waals surface area (Å²) in [5.41, 5.74) is 1.83. The predicted molar refractivity (Wildman–Crippen MR) is 47.4 cm³/mol. The van der Waals surface area contributed by atoms with E-state index in [2.05, 4.69) is 14.8 Å². The third-order valence-corrected chi connectivity index (χ3v) is 1.87. The molecular weight excluding hydrogens is 174 g/mol. The second-order valence-electron chi connectivity index (χ2n) is 2.30. The van der Waals surface area contributed by atoms with Crippen LogP contribution < -0.4 is 0 Å². The maximum atomic E-state index is 6.86. The van der Waals surface area contributed by atoms with Crippen molar-refractivity contribution in [2.45, 2.75) is 0 Å². The molecule has 1 N–H and O–H groups in total. The van der Waals surface area contributed by atoms with Crippen LogP contribution in [0.25, 0.3) is 15.9 Å². The third kappa shape index (κ3) is 0.858. The molecule has 0 spiro atoms. The number of nitrogens with zero attached hydrogens (tertiary/aromatic N) is 2. The molecule has 0 atom stereocenters. The minimum absolute atomic E-state index is 0.360. The number of nitrogens with one attached hydrogen (secondary N) is 1. The van der Waals surface area contributed by atoms with Crippen LogP contribution in [0.4, 0.5) is 5.69 Å². The van der Waals surface area contributed by atoms with E-state index in [0.29, 0.717) is 16.4 Å². The highest BCUT2D eigenvalue weighted by atomic mass is 35.5. The monoisotopic (exact) mass is 177 g/mol. The van der Waals surface area contributed by atoms with Crippen molar-refractivity contribution in [2.24, 2.45) is 0 Å². The Labute approximate surface area is 73.8 Å². The average Bonchev–Trinajstić information content (AvgIpc) is 2.40. The van der Waals surface area contributed by atoms with Crippen LogP contribution in [0.5, 0.6) is 0 Å². The van der Waals surface area contributed by atoms with Crippen molar-refractivity contribution in [3.8, 4) is 0 Å². The first-order valence-corrected chi connectivity index (χ1v) is 3.70. The van der Waals surface area contributed by atoms with E-state index in [1.54, 1.807) is 12.3 Å². The first-order chi connectivity index (χ1) is 5.83. The summed E-state index contributed by atoms with van der Waals surface area (Å²) >= 11 is 5.76. The molecule has 0 aliphatic heterocycles. The summed E-state index contributed by atoms with van der Waals surface area (Å²) in [5.74, 6) is 0. The number of aromatic nitrogens is 2. The van der Waals surface area contributed by atoms with Gasteiger partial charge in [0, 0.05) is 6.20 Å². The number of rotatable bonds is 0. The molecule has 3 nitrogen and oxygen atoms in total. The van der Waals surface area contributed by atoms with Crippen molar-refractivity contribution in [1.29, 1.82) is 0 Å². The van der Waals surface area contributed by atoms with Crippen LogP contribution in [-0.2, 0) is 0 Å². The molecule has 0 saturated heterocycles. The molecule has 0 aliphatic carbocycles. The van der Waals surface area contributed by atoms with Gasteiger partial charge in [-0.3, -0.25) is 4.98 Å². The second-order valence-corrected chi connectivity index (χ2v) is 2.68. The number of pyridine rings is 1. The summed E-state index contributed by atoms with van der Waals surface area (Å²) in [5, 5.41) is 0.360. The summed E-state index contributed by atoms with van der Waals surface area (Å²) in [6.45, 7) is 6.86. The van der Waals surface area contributed by atoms with Gasteiger partial charge in [0.05, 0.1) is 17.6 Å². The van der Waals surface area contributed by atoms with Gasteiger partial charge in [-0.05, 0) is 12.1 Å². The standard InChI is InChI=1S/C8H4ClN3/c1-10-7-6-5(12-8(7)9)3-2-4-11-6/h2-4,12H. The Hall–Kier alpha value is -1.53. The fourth-order valence-corrected chi connectivity index (χ4v) is 1.31. The van der Waals surface area contributed by atoms with Crippen molar-refractivity contribution in [3.63, 3.8) is 0 Å². The molecule has 4 heteroatoms. The smallest absolute Gasteiger partial charge is 0.248 e. The number of halogens is 1. The van der Waals surface area contributed by atoms with E-state index in [1.165, 1.54) is 0 Å². The molecular formula is C8H4ClN3. The Balaban J connectivity index is 2.93. The molecule has 58 valence electrons. The molecule has 2 rings (SSSR count). The minimum atomic E-state index is 0.360. The highest BCUT2D eigenvalue weighted by molar-refractivity contribution is 6.34. The molecule has 0 saturated carbocycles. The van der Waals surface area contributed by atoms with Gasteiger partial charge in [-0.1, -0.05) is 11.6 Å². The van der Waals surface area contributed by atoms with Gasteiger partial charge >= 0.3 is 0 Å². The number of hydrogen-bond acceptors (Lipinski definition) is 1. The number of aromatic amines is 1. The maximum absolute atomic E-state index is 6.86. The van der Waals surface area contributed by atoms with Gasteiger partial charge in [0.15, 0.2) is 0 Å². The first-order valence-electron chi connectivity index (χ1n) is 3.32. The van der Waals surface area contributed by atoms with E-state index in [9.17, 15) is 0 Å². The van der Waals surface area contributed by atoms with Crippen molar-refractivity contribution in [2.75, 3.05) is 0 Å². The molecule has 0 radical (unpaired) electrons. The zero-order valence-electron chi connectivity index (χ0n) is 6.00. The van der Waals surface area contributed by atoms with Crippen molar-refractivity contribution in [1.82, 2.24) is 9.97 Å². The van der Waals surface area contributed by atoms with E-state index in [1.807, 2.05) is 6.07 Å². The van der Waals surface area contributed by atoms with Crippen LogP contribution in [0, 0.1) is 6.57 Å². The molecule has 2 aromatic rings. The molecule has 0 unspecified atom stereocenters. The zero-order valence-corrected chi connectivity index (χ0v) is 6.76. The Bertz CT molecular complexity index is 467. The van der Waals surface area contributed by atoms with Gasteiger partial charge in [-0.25, -0.2) is 4.85 Å². The highest BCUT2D eigenvalue weighted by Gasteiger charge is 2.09. The quantitative estimate of drug-likeness (QED) is 0.617. The summed E-state index contributed by atoms with van der Waals surface area (Å²) < 4.78 is 0. The topological polar surface area (TPSA) is 33.0 Å². The number of hydrogen-bond donors (Lipinski definition) is 1. The summed E-state index contributed by atoms with van der Waals surface area (Å²) in [6, 6.07) is 3.63. The van der Waals surface area contributed by atoms with E-state index in [-0.39, 0.29) is 0 Å². The highest BCUT2D eigenvalue weighted by Crippen LogP contribution is 2.31. The van der Waals surface area contributed by atoms with Gasteiger partial charge in [0.1, 0.15) is 5.15 Å². The SMILES string of the molecule is [C-]#[N+]c1c(Cl)[nH]c2cccnc12. The van der Waals surface area contributed by atoms with E-state index in [4.69, 9.17) is 18.2 Å². The van der Waals surface area contributed by atoms with E-state index < -0.39 is 0 Å². The largest absolute Gasteiger partial charge is 0.354 e. The molecule has 0 fully saturated rings. The van der Waals surface area contributed by atoms with Crippen LogP contribution >= 0.6 is 11.6 Å². The summed E-state index contributed by atoms with van der Waals surface area (Å²) in [7, 11) is 0. The third-order valence-electron chi connectivity index (χ3n) is 1.60. The molecule has 12 heavy (non-hydrogen) atoms. The van der Waals surface area contributed by atoms with Gasteiger partial charge in [-0.15, -0.1) is 0 Å². The molecule has 0 bridgehead atoms. The Morgan fingerprint density at radius 1 is 1.58 bits per heavy atom. The van der Waals surface area contributed by atoms with Crippen LogP contribution in [-0.4, -0.2) is 9.97 Å². The van der Waals surface area contributed by atoms with Crippen LogP contribution in [0.15, 0.2) is 18.3 Å². The fraction of sp³-hybridized carbons (Fsp3) is 0. The summed E-state index contributed by atoms with van der Waals surface area (Å²) in [4.78, 5) is 10.2. The predicted octanol–water partition coefficient (Wildman–Crippen LogP) is 2.77. The average molecular weight is 178 g/mol. The first kappa shape index (κ1) is 7.14. The minimum Gasteiger partial charge on any atom is -0.354 e. The zero-order chi connectivity index (χ0) is 8.55. The van der Waals surface area contributed by atoms with Gasteiger partial charge in [0.2, 0.25) is 5.69 Å². The van der Waals surface area contributed by atoms with E-state index >= 15 is 0 Å². The van der Waals surface area contributed by atoms with Crippen molar-refractivity contribution >= 4 is 28.3 Å². The summed E-state index contributed by atoms with van der Waals surface area (Å²) in [6.07, 6.45) is 1.64. The van der Waals surface area contributed by atoms with Crippen molar-refractivity contribution < 1.29 is 0 Å². The lowest BCUT2D eigenvalue weighted by atomic mass is 10.4. The Morgan fingerprint density at radius 2 is 2.42 bits per heavy atom. The second kappa shape index (κ2) is 2.50. The number of H-pyrrole nitrogens is 1. The molecule has 0 amide bonds. The van der Waals surface area contributed by atoms with Crippen LogP contribution in [0.2, 0.25) is 5.15 Å². The van der Waals surface area contributed by atoms with Gasteiger partial charge in [-0.2, -0.15) is 0 Å². The lowest BCUT2D eigenvalue weighted by molar-refractivity contribution is 1.41. The molecule has 2 heterocycles. The number of fused-ring (bicyclic) bond motifs is 1. The van der Waals surface area contributed by atoms with E-state index in [0.717, 1.165) is 5.52 Å². The lowest BCUT2D eigenvalue weighted by Gasteiger charge is -1.85. The maximum Gasteiger partial charge on any atom is 0.248 e. The molecule has 0 aromatic carbocycles.